The lowest BCUT2D eigenvalue weighted by Gasteiger charge is -2.14. The summed E-state index contributed by atoms with van der Waals surface area (Å²) >= 11 is 3.56. The Balaban J connectivity index is 1.88. The molecule has 1 amide bonds. The molecule has 0 unspecified atom stereocenters. The number of hydrogen-bond donors (Lipinski definition) is 1. The molecule has 29 heavy (non-hydrogen) atoms. The van der Waals surface area contributed by atoms with Gasteiger partial charge in [0.1, 0.15) is 0 Å². The number of carbonyl (C=O) groups excluding carboxylic acids is 1. The highest BCUT2D eigenvalue weighted by atomic mass is 79.9. The molecule has 0 fully saturated rings. The maximum absolute atomic E-state index is 13.3. The van der Waals surface area contributed by atoms with E-state index >= 15 is 0 Å². The predicted octanol–water partition coefficient (Wildman–Crippen LogP) is 6.79. The minimum atomic E-state index is -0.131. The van der Waals surface area contributed by atoms with Crippen LogP contribution in [0.25, 0.3) is 22.2 Å². The van der Waals surface area contributed by atoms with E-state index in [1.165, 1.54) is 0 Å². The number of pyridine rings is 1. The Labute approximate surface area is 178 Å². The Morgan fingerprint density at radius 1 is 1.00 bits per heavy atom. The lowest BCUT2D eigenvalue weighted by atomic mass is 10.0. The van der Waals surface area contributed by atoms with Crippen LogP contribution < -0.4 is 5.32 Å². The van der Waals surface area contributed by atoms with E-state index in [-0.39, 0.29) is 5.91 Å². The van der Waals surface area contributed by atoms with E-state index in [2.05, 4.69) is 28.2 Å². The highest BCUT2D eigenvalue weighted by Gasteiger charge is 2.17. The van der Waals surface area contributed by atoms with E-state index in [0.29, 0.717) is 5.56 Å². The van der Waals surface area contributed by atoms with Gasteiger partial charge in [-0.1, -0.05) is 71.4 Å². The Morgan fingerprint density at radius 2 is 1.72 bits per heavy atom. The minimum absolute atomic E-state index is 0.131. The predicted molar refractivity (Wildman–Crippen MR) is 123 cm³/mol. The van der Waals surface area contributed by atoms with Gasteiger partial charge in [-0.3, -0.25) is 4.79 Å². The third-order valence-electron chi connectivity index (χ3n) is 5.03. The fourth-order valence-electron chi connectivity index (χ4n) is 3.54. The van der Waals surface area contributed by atoms with Crippen LogP contribution in [0.3, 0.4) is 0 Å². The first-order chi connectivity index (χ1) is 14.1. The van der Waals surface area contributed by atoms with Crippen molar-refractivity contribution in [1.29, 1.82) is 0 Å². The number of aryl methyl sites for hydroxylation is 2. The third-order valence-corrected chi connectivity index (χ3v) is 5.49. The summed E-state index contributed by atoms with van der Waals surface area (Å²) in [5, 5.41) is 3.94. The summed E-state index contributed by atoms with van der Waals surface area (Å²) in [6.45, 7) is 4.10. The largest absolute Gasteiger partial charge is 0.322 e. The standard InChI is InChI=1S/C25H21BrN2O/c1-3-17-9-7-8-12-22(17)28-25(29)21-15-23(18-10-5-4-6-11-18)27-24-16(2)13-19(26)14-20(21)24/h4-15H,3H2,1-2H3,(H,28,29). The van der Waals surface area contributed by atoms with E-state index in [1.54, 1.807) is 0 Å². The van der Waals surface area contributed by atoms with E-state index in [0.717, 1.165) is 49.9 Å². The summed E-state index contributed by atoms with van der Waals surface area (Å²) in [4.78, 5) is 18.2. The van der Waals surface area contributed by atoms with Crippen LogP contribution in [0.5, 0.6) is 0 Å². The van der Waals surface area contributed by atoms with Crippen LogP contribution in [0.15, 0.2) is 77.3 Å². The van der Waals surface area contributed by atoms with E-state index in [1.807, 2.05) is 79.7 Å². The lowest BCUT2D eigenvalue weighted by Crippen LogP contribution is -2.14. The molecule has 0 atom stereocenters. The topological polar surface area (TPSA) is 42.0 Å². The molecule has 0 aliphatic heterocycles. The molecule has 3 nitrogen and oxygen atoms in total. The second-order valence-corrected chi connectivity index (χ2v) is 7.92. The second kappa shape index (κ2) is 8.18. The molecular weight excluding hydrogens is 424 g/mol. The average Bonchev–Trinajstić information content (AvgIpc) is 2.74. The number of aromatic nitrogens is 1. The second-order valence-electron chi connectivity index (χ2n) is 7.00. The molecular formula is C25H21BrN2O. The molecule has 0 radical (unpaired) electrons. The summed E-state index contributed by atoms with van der Waals surface area (Å²) in [5.74, 6) is -0.131. The van der Waals surface area contributed by atoms with Crippen molar-refractivity contribution in [2.75, 3.05) is 5.32 Å². The monoisotopic (exact) mass is 444 g/mol. The van der Waals surface area contributed by atoms with Gasteiger partial charge in [0.2, 0.25) is 0 Å². The molecule has 4 rings (SSSR count). The van der Waals surface area contributed by atoms with Gasteiger partial charge in [0, 0.05) is 21.1 Å². The van der Waals surface area contributed by atoms with Crippen molar-refractivity contribution in [3.63, 3.8) is 0 Å². The van der Waals surface area contributed by atoms with Crippen LogP contribution in [0.2, 0.25) is 0 Å². The molecule has 1 heterocycles. The summed E-state index contributed by atoms with van der Waals surface area (Å²) in [5.41, 5.74) is 6.21. The van der Waals surface area contributed by atoms with E-state index in [9.17, 15) is 4.79 Å². The molecule has 0 aliphatic rings. The molecule has 0 saturated carbocycles. The van der Waals surface area contributed by atoms with Crippen LogP contribution in [-0.2, 0) is 6.42 Å². The maximum atomic E-state index is 13.3. The van der Waals surface area contributed by atoms with Crippen molar-refractivity contribution >= 4 is 38.4 Å². The molecule has 0 spiro atoms. The van der Waals surface area contributed by atoms with Gasteiger partial charge in [0.25, 0.3) is 5.91 Å². The quantitative estimate of drug-likeness (QED) is 0.376. The fourth-order valence-corrected chi connectivity index (χ4v) is 4.11. The Bertz CT molecular complexity index is 1200. The van der Waals surface area contributed by atoms with Gasteiger partial charge in [-0.2, -0.15) is 0 Å². The molecule has 0 saturated heterocycles. The summed E-state index contributed by atoms with van der Waals surface area (Å²) in [7, 11) is 0. The summed E-state index contributed by atoms with van der Waals surface area (Å²) in [6.07, 6.45) is 0.855. The van der Waals surface area contributed by atoms with Crippen molar-refractivity contribution in [2.24, 2.45) is 0 Å². The molecule has 1 N–H and O–H groups in total. The van der Waals surface area contributed by atoms with Gasteiger partial charge in [-0.25, -0.2) is 4.98 Å². The number of benzene rings is 3. The molecule has 144 valence electrons. The van der Waals surface area contributed by atoms with Crippen LogP contribution in [0, 0.1) is 6.92 Å². The number of nitrogens with one attached hydrogen (secondary N) is 1. The highest BCUT2D eigenvalue weighted by Crippen LogP contribution is 2.30. The number of hydrogen-bond acceptors (Lipinski definition) is 2. The highest BCUT2D eigenvalue weighted by molar-refractivity contribution is 9.10. The van der Waals surface area contributed by atoms with Crippen LogP contribution in [0.1, 0.15) is 28.4 Å². The molecule has 0 aliphatic carbocycles. The fraction of sp³-hybridized carbons (Fsp3) is 0.120. The Kier molecular flexibility index (Phi) is 5.45. The maximum Gasteiger partial charge on any atom is 0.256 e. The molecule has 4 aromatic rings. The Hall–Kier alpha value is -2.98. The number of anilines is 1. The number of halogens is 1. The molecule has 3 aromatic carbocycles. The van der Waals surface area contributed by atoms with Gasteiger partial charge in [0.05, 0.1) is 16.8 Å². The smallest absolute Gasteiger partial charge is 0.256 e. The van der Waals surface area contributed by atoms with E-state index in [4.69, 9.17) is 4.98 Å². The Morgan fingerprint density at radius 3 is 2.48 bits per heavy atom. The van der Waals surface area contributed by atoms with E-state index < -0.39 is 0 Å². The SMILES string of the molecule is CCc1ccccc1NC(=O)c1cc(-c2ccccc2)nc2c(C)cc(Br)cc12. The molecule has 1 aromatic heterocycles. The molecule has 0 bridgehead atoms. The van der Waals surface area contributed by atoms with Gasteiger partial charge < -0.3 is 5.32 Å². The van der Waals surface area contributed by atoms with Gasteiger partial charge >= 0.3 is 0 Å². The first-order valence-corrected chi connectivity index (χ1v) is 10.4. The number of fused-ring (bicyclic) bond motifs is 1. The zero-order valence-electron chi connectivity index (χ0n) is 16.4. The lowest BCUT2D eigenvalue weighted by molar-refractivity contribution is 0.102. The number of para-hydroxylation sites is 1. The summed E-state index contributed by atoms with van der Waals surface area (Å²) < 4.78 is 0.930. The van der Waals surface area contributed by atoms with Crippen molar-refractivity contribution < 1.29 is 4.79 Å². The minimum Gasteiger partial charge on any atom is -0.322 e. The number of amides is 1. The van der Waals surface area contributed by atoms with Crippen molar-refractivity contribution in [2.45, 2.75) is 20.3 Å². The van der Waals surface area contributed by atoms with Crippen LogP contribution in [-0.4, -0.2) is 10.9 Å². The molecule has 4 heteroatoms. The number of carbonyl (C=O) groups is 1. The first-order valence-electron chi connectivity index (χ1n) is 9.62. The van der Waals surface area contributed by atoms with Crippen molar-refractivity contribution in [1.82, 2.24) is 4.98 Å². The third kappa shape index (κ3) is 3.94. The van der Waals surface area contributed by atoms with Gasteiger partial charge in [-0.15, -0.1) is 0 Å². The van der Waals surface area contributed by atoms with Crippen molar-refractivity contribution in [3.05, 3.63) is 94.0 Å². The van der Waals surface area contributed by atoms with Crippen LogP contribution in [0.4, 0.5) is 5.69 Å². The average molecular weight is 445 g/mol. The number of nitrogens with zero attached hydrogens (tertiary/aromatic N) is 1. The van der Waals surface area contributed by atoms with Gasteiger partial charge in [-0.05, 0) is 48.7 Å². The summed E-state index contributed by atoms with van der Waals surface area (Å²) in [6, 6.07) is 23.7. The normalized spacial score (nSPS) is 10.9. The number of rotatable bonds is 4. The zero-order valence-corrected chi connectivity index (χ0v) is 18.0. The first kappa shape index (κ1) is 19.3. The zero-order chi connectivity index (χ0) is 20.4. The van der Waals surface area contributed by atoms with Gasteiger partial charge in [0.15, 0.2) is 0 Å². The van der Waals surface area contributed by atoms with Crippen LogP contribution >= 0.6 is 15.9 Å². The van der Waals surface area contributed by atoms with Crippen molar-refractivity contribution in [3.8, 4) is 11.3 Å².